The van der Waals surface area contributed by atoms with Gasteiger partial charge in [-0.2, -0.15) is 20.7 Å². The number of carboxylic acids is 1. The monoisotopic (exact) mass is 966 g/mol. The number of amides is 1. The van der Waals surface area contributed by atoms with Gasteiger partial charge in [0.25, 0.3) is 5.91 Å². The Morgan fingerprint density at radius 3 is 1.64 bits per heavy atom. The van der Waals surface area contributed by atoms with Gasteiger partial charge in [0.1, 0.15) is 12.1 Å². The van der Waals surface area contributed by atoms with Crippen molar-refractivity contribution in [2.75, 3.05) is 0 Å². The standard InChI is InChI=1S/C26H19ClN6O.C18H13N3O2.C8H8ClN3.CH4/c1-15-6-18-7-16(8-19(12-28)25(18)30-13-15)9-21-10-17(4-5-29-21)26(34)31-14-24-22-11-20(27)2-3-23(22)32-33-24;1-11-4-14-5-12(6-15(9-19)17(14)21-10-11)7-16-8-13(18(22)23)2-3-20-16;9-5-1-2-7-6(3-5)8(4-10)12-11-7;/h2-8,10-11,13H,9,14H2,1H3,(H,31,34)(H,32,33);2-6,8,10H,7H2,1H3,(H,22,23);1-3H,4,10H2,(H,11,12);1H4. The highest BCUT2D eigenvalue weighted by Gasteiger charge is 2.13. The lowest BCUT2D eigenvalue weighted by Gasteiger charge is -2.08. The van der Waals surface area contributed by atoms with Crippen molar-refractivity contribution < 1.29 is 14.7 Å². The van der Waals surface area contributed by atoms with Crippen molar-refractivity contribution in [3.63, 3.8) is 0 Å². The Morgan fingerprint density at radius 2 is 1.14 bits per heavy atom. The van der Waals surface area contributed by atoms with Crippen LogP contribution in [0.2, 0.25) is 10.0 Å². The van der Waals surface area contributed by atoms with Crippen LogP contribution in [0.5, 0.6) is 0 Å². The molecule has 0 saturated heterocycles. The number of hydrogen-bond donors (Lipinski definition) is 5. The summed E-state index contributed by atoms with van der Waals surface area (Å²) in [6.07, 6.45) is 7.54. The van der Waals surface area contributed by atoms with Crippen LogP contribution in [0.4, 0.5) is 0 Å². The number of aromatic nitrogens is 8. The van der Waals surface area contributed by atoms with E-state index in [1.165, 1.54) is 12.3 Å². The number of carboxylic acid groups (broad SMARTS) is 1. The molecule has 10 aromatic rings. The molecule has 15 nitrogen and oxygen atoms in total. The smallest absolute Gasteiger partial charge is 0.335 e. The largest absolute Gasteiger partial charge is 0.478 e. The molecule has 0 aliphatic carbocycles. The Balaban J connectivity index is 0.000000172. The molecule has 0 unspecified atom stereocenters. The van der Waals surface area contributed by atoms with Gasteiger partial charge in [-0.15, -0.1) is 0 Å². The Labute approximate surface area is 412 Å². The number of nitrogens with one attached hydrogen (secondary N) is 3. The third-order valence-corrected chi connectivity index (χ3v) is 11.4. The number of fused-ring (bicyclic) bond motifs is 4. The van der Waals surface area contributed by atoms with Crippen LogP contribution in [-0.2, 0) is 25.9 Å². The van der Waals surface area contributed by atoms with Crippen LogP contribution in [-0.4, -0.2) is 57.3 Å². The van der Waals surface area contributed by atoms with Crippen LogP contribution in [0.1, 0.15) is 84.3 Å². The maximum Gasteiger partial charge on any atom is 0.335 e. The lowest BCUT2D eigenvalue weighted by Crippen LogP contribution is -2.23. The second-order valence-electron chi connectivity index (χ2n) is 16.0. The number of H-pyrrole nitrogens is 2. The molecule has 348 valence electrons. The molecule has 4 aromatic carbocycles. The van der Waals surface area contributed by atoms with E-state index in [0.29, 0.717) is 62.8 Å². The first kappa shape index (κ1) is 49.3. The van der Waals surface area contributed by atoms with Crippen LogP contribution < -0.4 is 11.1 Å². The van der Waals surface area contributed by atoms with Crippen LogP contribution in [0.3, 0.4) is 0 Å². The van der Waals surface area contributed by atoms with Gasteiger partial charge in [0.05, 0.1) is 56.7 Å². The Kier molecular flexibility index (Phi) is 15.5. The van der Waals surface area contributed by atoms with E-state index in [2.05, 4.69) is 57.8 Å². The minimum Gasteiger partial charge on any atom is -0.478 e. The number of nitrogens with two attached hydrogens (primary N) is 1. The fourth-order valence-electron chi connectivity index (χ4n) is 7.69. The minimum atomic E-state index is -0.982. The molecular weight excluding hydrogens is 924 g/mol. The average molecular weight is 968 g/mol. The molecule has 0 aliphatic heterocycles. The topological polar surface area (TPSA) is 249 Å². The van der Waals surface area contributed by atoms with Crippen molar-refractivity contribution in [2.24, 2.45) is 5.73 Å². The van der Waals surface area contributed by atoms with E-state index >= 15 is 0 Å². The maximum atomic E-state index is 12.8. The first-order valence-electron chi connectivity index (χ1n) is 21.3. The number of pyridine rings is 4. The molecule has 1 amide bonds. The summed E-state index contributed by atoms with van der Waals surface area (Å²) in [6.45, 7) is 4.66. The highest BCUT2D eigenvalue weighted by molar-refractivity contribution is 6.31. The predicted octanol–water partition coefficient (Wildman–Crippen LogP) is 10.3. The first-order chi connectivity index (χ1) is 33.4. The number of benzene rings is 4. The summed E-state index contributed by atoms with van der Waals surface area (Å²) in [7, 11) is 0. The number of halogens is 2. The zero-order valence-electron chi connectivity index (χ0n) is 37.1. The Morgan fingerprint density at radius 1 is 0.657 bits per heavy atom. The molecule has 0 atom stereocenters. The number of aromatic carboxylic acids is 1. The van der Waals surface area contributed by atoms with E-state index in [1.807, 2.05) is 74.5 Å². The summed E-state index contributed by atoms with van der Waals surface area (Å²) < 4.78 is 0. The van der Waals surface area contributed by atoms with Crippen LogP contribution in [0.25, 0.3) is 43.6 Å². The molecule has 6 aromatic heterocycles. The van der Waals surface area contributed by atoms with Crippen LogP contribution >= 0.6 is 23.2 Å². The molecule has 0 aliphatic rings. The maximum absolute atomic E-state index is 12.8. The molecule has 0 spiro atoms. The van der Waals surface area contributed by atoms with Gasteiger partial charge < -0.3 is 16.2 Å². The van der Waals surface area contributed by atoms with Gasteiger partial charge in [-0.1, -0.05) is 30.6 Å². The van der Waals surface area contributed by atoms with Gasteiger partial charge in [-0.05, 0) is 133 Å². The summed E-state index contributed by atoms with van der Waals surface area (Å²) in [5.41, 5.74) is 17.2. The molecule has 70 heavy (non-hydrogen) atoms. The van der Waals surface area contributed by atoms with Gasteiger partial charge in [-0.25, -0.2) is 4.79 Å². The quantitative estimate of drug-likeness (QED) is 0.0906. The molecule has 0 radical (unpaired) electrons. The molecule has 6 N–H and O–H groups in total. The predicted molar refractivity (Wildman–Crippen MR) is 271 cm³/mol. The number of aromatic amines is 2. The lowest BCUT2D eigenvalue weighted by atomic mass is 10.0. The molecule has 0 saturated carbocycles. The zero-order valence-corrected chi connectivity index (χ0v) is 38.6. The van der Waals surface area contributed by atoms with Crippen molar-refractivity contribution in [3.8, 4) is 12.1 Å². The van der Waals surface area contributed by atoms with E-state index in [4.69, 9.17) is 34.0 Å². The molecule has 6 heterocycles. The summed E-state index contributed by atoms with van der Waals surface area (Å²) >= 11 is 11.9. The number of carbonyl (C=O) groups excluding carboxylic acids is 1. The number of nitrogens with zero attached hydrogens (tertiary/aromatic N) is 8. The van der Waals surface area contributed by atoms with Crippen molar-refractivity contribution in [2.45, 2.75) is 47.2 Å². The highest BCUT2D eigenvalue weighted by atomic mass is 35.5. The second-order valence-corrected chi connectivity index (χ2v) is 16.9. The summed E-state index contributed by atoms with van der Waals surface area (Å²) in [6, 6.07) is 33.4. The van der Waals surface area contributed by atoms with Crippen molar-refractivity contribution >= 4 is 78.7 Å². The number of rotatable bonds is 9. The minimum absolute atomic E-state index is 0. The highest BCUT2D eigenvalue weighted by Crippen LogP contribution is 2.25. The second kappa shape index (κ2) is 22.0. The summed E-state index contributed by atoms with van der Waals surface area (Å²) in [4.78, 5) is 41.2. The molecule has 10 rings (SSSR count). The molecule has 17 heteroatoms. The molecule has 0 fully saturated rings. The van der Waals surface area contributed by atoms with E-state index in [1.54, 1.807) is 48.9 Å². The zero-order chi connectivity index (χ0) is 48.6. The van der Waals surface area contributed by atoms with Gasteiger partial charge in [0.15, 0.2) is 0 Å². The third kappa shape index (κ3) is 11.6. The number of hydrogen-bond acceptors (Lipinski definition) is 11. The van der Waals surface area contributed by atoms with Crippen molar-refractivity contribution in [1.29, 1.82) is 10.5 Å². The fourth-order valence-corrected chi connectivity index (χ4v) is 8.04. The van der Waals surface area contributed by atoms with Crippen molar-refractivity contribution in [3.05, 3.63) is 199 Å². The van der Waals surface area contributed by atoms with E-state index in [-0.39, 0.29) is 25.4 Å². The third-order valence-electron chi connectivity index (χ3n) is 10.9. The number of carbonyl (C=O) groups is 2. The van der Waals surface area contributed by atoms with Gasteiger partial charge in [0, 0.05) is 92.7 Å². The molecular formula is C53H44Cl2N12O3. The average Bonchev–Trinajstić information content (AvgIpc) is 3.95. The summed E-state index contributed by atoms with van der Waals surface area (Å²) in [5, 5.41) is 50.0. The Hall–Kier alpha value is -8.60. The van der Waals surface area contributed by atoms with Gasteiger partial charge >= 0.3 is 5.97 Å². The summed E-state index contributed by atoms with van der Waals surface area (Å²) in [5.74, 6) is -1.20. The van der Waals surface area contributed by atoms with Crippen LogP contribution in [0.15, 0.2) is 122 Å². The fraction of sp³-hybridized carbons (Fsp3) is 0.132. The van der Waals surface area contributed by atoms with Crippen molar-refractivity contribution in [1.82, 2.24) is 45.6 Å². The normalized spacial score (nSPS) is 10.6. The van der Waals surface area contributed by atoms with Crippen LogP contribution in [0, 0.1) is 36.5 Å². The first-order valence-corrected chi connectivity index (χ1v) is 22.1. The lowest BCUT2D eigenvalue weighted by molar-refractivity contribution is 0.0696. The van der Waals surface area contributed by atoms with Gasteiger partial charge in [0.2, 0.25) is 0 Å². The van der Waals surface area contributed by atoms with E-state index in [9.17, 15) is 20.1 Å². The molecule has 0 bridgehead atoms. The Bertz CT molecular complexity index is 3670. The van der Waals surface area contributed by atoms with Gasteiger partial charge in [-0.3, -0.25) is 34.9 Å². The SMILES string of the molecule is C.Cc1cnc2c(C#N)cc(Cc3cc(C(=O)NCc4[nH]nc5ccc(Cl)cc45)ccn3)cc2c1.Cc1cnc2c(C#N)cc(Cc3cc(C(=O)O)ccn3)cc2c1.NCc1[nH]nc2ccc(Cl)cc12. The van der Waals surface area contributed by atoms with E-state index in [0.717, 1.165) is 71.9 Å². The number of nitriles is 2. The van der Waals surface area contributed by atoms with E-state index < -0.39 is 5.97 Å². The number of aryl methyl sites for hydroxylation is 2.